The molecular weight excluding hydrogens is 356 g/mol. The lowest BCUT2D eigenvalue weighted by Crippen LogP contribution is -2.63. The van der Waals surface area contributed by atoms with Gasteiger partial charge in [0.15, 0.2) is 0 Å². The standard InChI is InChI=1S/C15H20BrClN2O2/c1-13(2,3)15(14(4,5)6)18-11(20)10-9(17)7-8(16)12(21)19(10)15/h7H,1-6H3,(H,18,20). The average molecular weight is 376 g/mol. The first-order chi connectivity index (χ1) is 9.34. The highest BCUT2D eigenvalue weighted by molar-refractivity contribution is 9.10. The number of carbonyl (C=O) groups is 1. The number of hydrogen-bond acceptors (Lipinski definition) is 2. The van der Waals surface area contributed by atoms with Crippen molar-refractivity contribution in [2.45, 2.75) is 47.2 Å². The van der Waals surface area contributed by atoms with E-state index >= 15 is 0 Å². The molecule has 2 heterocycles. The van der Waals surface area contributed by atoms with Gasteiger partial charge in [0.05, 0.1) is 9.50 Å². The van der Waals surface area contributed by atoms with Crippen LogP contribution in [0.5, 0.6) is 0 Å². The Labute approximate surface area is 138 Å². The second-order valence-electron chi connectivity index (χ2n) is 7.49. The van der Waals surface area contributed by atoms with Gasteiger partial charge in [-0.15, -0.1) is 0 Å². The molecule has 0 spiro atoms. The fraction of sp³-hybridized carbons (Fsp3) is 0.600. The number of carbonyl (C=O) groups excluding carboxylic acids is 1. The van der Waals surface area contributed by atoms with E-state index in [1.165, 1.54) is 10.6 Å². The quantitative estimate of drug-likeness (QED) is 0.751. The molecule has 1 aromatic heterocycles. The number of rotatable bonds is 0. The summed E-state index contributed by atoms with van der Waals surface area (Å²) in [6.07, 6.45) is 0. The second-order valence-corrected chi connectivity index (χ2v) is 8.76. The van der Waals surface area contributed by atoms with E-state index in [1.54, 1.807) is 0 Å². The van der Waals surface area contributed by atoms with Crippen LogP contribution in [0.4, 0.5) is 0 Å². The Morgan fingerprint density at radius 3 is 2.05 bits per heavy atom. The van der Waals surface area contributed by atoms with Crippen LogP contribution in [0, 0.1) is 10.8 Å². The molecule has 0 aromatic carbocycles. The van der Waals surface area contributed by atoms with Crippen molar-refractivity contribution >= 4 is 33.4 Å². The summed E-state index contributed by atoms with van der Waals surface area (Å²) in [5.41, 5.74) is -1.66. The minimum Gasteiger partial charge on any atom is -0.326 e. The maximum Gasteiger partial charge on any atom is 0.271 e. The molecule has 1 aliphatic heterocycles. The van der Waals surface area contributed by atoms with Crippen molar-refractivity contribution in [2.75, 3.05) is 0 Å². The second kappa shape index (κ2) is 4.59. The molecule has 4 nitrogen and oxygen atoms in total. The van der Waals surface area contributed by atoms with Gasteiger partial charge in [0.2, 0.25) is 0 Å². The molecule has 1 N–H and O–H groups in total. The van der Waals surface area contributed by atoms with E-state index < -0.39 is 5.66 Å². The zero-order valence-corrected chi connectivity index (χ0v) is 15.4. The summed E-state index contributed by atoms with van der Waals surface area (Å²) in [7, 11) is 0. The molecule has 116 valence electrons. The van der Waals surface area contributed by atoms with E-state index in [1.807, 2.05) is 41.5 Å². The zero-order chi connectivity index (χ0) is 16.4. The molecule has 0 fully saturated rings. The number of aromatic nitrogens is 1. The van der Waals surface area contributed by atoms with Crippen molar-refractivity contribution in [3.63, 3.8) is 0 Å². The van der Waals surface area contributed by atoms with Crippen LogP contribution in [0.2, 0.25) is 5.02 Å². The fourth-order valence-electron chi connectivity index (χ4n) is 3.54. The average Bonchev–Trinajstić information content (AvgIpc) is 2.60. The molecule has 0 radical (unpaired) electrons. The van der Waals surface area contributed by atoms with Gasteiger partial charge in [-0.3, -0.25) is 14.2 Å². The fourth-order valence-corrected chi connectivity index (χ4v) is 4.35. The van der Waals surface area contributed by atoms with E-state index in [0.29, 0.717) is 4.47 Å². The SMILES string of the molecule is CC(C)(C)C1(C(C)(C)C)NC(=O)c2c(Cl)cc(Br)c(=O)n21. The minimum atomic E-state index is -0.864. The predicted molar refractivity (Wildman–Crippen MR) is 87.8 cm³/mol. The van der Waals surface area contributed by atoms with Gasteiger partial charge in [0, 0.05) is 10.8 Å². The molecule has 0 saturated heterocycles. The minimum absolute atomic E-state index is 0.231. The Hall–Kier alpha value is -0.810. The summed E-state index contributed by atoms with van der Waals surface area (Å²) in [5, 5.41) is 3.31. The highest BCUT2D eigenvalue weighted by atomic mass is 79.9. The highest BCUT2D eigenvalue weighted by Crippen LogP contribution is 2.50. The van der Waals surface area contributed by atoms with E-state index in [2.05, 4.69) is 21.2 Å². The number of fused-ring (bicyclic) bond motifs is 1. The Morgan fingerprint density at radius 2 is 1.62 bits per heavy atom. The van der Waals surface area contributed by atoms with Crippen molar-refractivity contribution in [1.29, 1.82) is 0 Å². The van der Waals surface area contributed by atoms with E-state index in [0.717, 1.165) is 0 Å². The third-order valence-corrected chi connectivity index (χ3v) is 4.98. The van der Waals surface area contributed by atoms with Gasteiger partial charge in [0.25, 0.3) is 11.5 Å². The summed E-state index contributed by atoms with van der Waals surface area (Å²) in [6.45, 7) is 12.1. The third-order valence-electron chi connectivity index (χ3n) is 4.13. The van der Waals surface area contributed by atoms with Gasteiger partial charge >= 0.3 is 0 Å². The smallest absolute Gasteiger partial charge is 0.271 e. The molecule has 1 aromatic rings. The Morgan fingerprint density at radius 1 is 1.14 bits per heavy atom. The Kier molecular flexibility index (Phi) is 3.62. The topological polar surface area (TPSA) is 51.1 Å². The third kappa shape index (κ3) is 2.08. The molecule has 6 heteroatoms. The van der Waals surface area contributed by atoms with Gasteiger partial charge in [-0.05, 0) is 22.0 Å². The van der Waals surface area contributed by atoms with Crippen LogP contribution < -0.4 is 10.9 Å². The summed E-state index contributed by atoms with van der Waals surface area (Å²) in [4.78, 5) is 25.2. The summed E-state index contributed by atoms with van der Waals surface area (Å²) >= 11 is 9.47. The molecule has 1 amide bonds. The number of hydrogen-bond donors (Lipinski definition) is 1. The normalized spacial score (nSPS) is 17.6. The van der Waals surface area contributed by atoms with Gasteiger partial charge in [-0.1, -0.05) is 53.1 Å². The maximum atomic E-state index is 12.7. The van der Waals surface area contributed by atoms with Crippen molar-refractivity contribution < 1.29 is 4.79 Å². The predicted octanol–water partition coefficient (Wildman–Crippen LogP) is 3.75. The first-order valence-electron chi connectivity index (χ1n) is 6.78. The van der Waals surface area contributed by atoms with Gasteiger partial charge in [-0.25, -0.2) is 0 Å². The summed E-state index contributed by atoms with van der Waals surface area (Å²) in [5.74, 6) is -0.311. The van der Waals surface area contributed by atoms with Crippen LogP contribution in [0.25, 0.3) is 0 Å². The highest BCUT2D eigenvalue weighted by Gasteiger charge is 2.59. The first kappa shape index (κ1) is 16.6. The monoisotopic (exact) mass is 374 g/mol. The molecule has 0 aliphatic carbocycles. The summed E-state index contributed by atoms with van der Waals surface area (Å²) < 4.78 is 1.88. The molecular formula is C15H20BrClN2O2. The lowest BCUT2D eigenvalue weighted by Gasteiger charge is -2.51. The summed E-state index contributed by atoms with van der Waals surface area (Å²) in [6, 6.07) is 1.48. The van der Waals surface area contributed by atoms with Crippen molar-refractivity contribution in [3.8, 4) is 0 Å². The lowest BCUT2D eigenvalue weighted by molar-refractivity contribution is -0.0328. The van der Waals surface area contributed by atoms with Gasteiger partial charge < -0.3 is 5.32 Å². The van der Waals surface area contributed by atoms with Gasteiger partial charge in [-0.2, -0.15) is 0 Å². The largest absolute Gasteiger partial charge is 0.326 e. The van der Waals surface area contributed by atoms with Crippen LogP contribution in [0.15, 0.2) is 15.3 Å². The van der Waals surface area contributed by atoms with Crippen molar-refractivity contribution in [1.82, 2.24) is 9.88 Å². The number of nitrogens with one attached hydrogen (secondary N) is 1. The molecule has 0 bridgehead atoms. The Bertz CT molecular complexity index is 667. The van der Waals surface area contributed by atoms with Crippen LogP contribution in [0.3, 0.4) is 0 Å². The number of halogens is 2. The van der Waals surface area contributed by atoms with E-state index in [9.17, 15) is 9.59 Å². The first-order valence-corrected chi connectivity index (χ1v) is 7.96. The van der Waals surface area contributed by atoms with Crippen LogP contribution in [-0.4, -0.2) is 10.5 Å². The number of amides is 1. The Balaban J connectivity index is 3.02. The van der Waals surface area contributed by atoms with Crippen molar-refractivity contribution in [3.05, 3.63) is 31.6 Å². The maximum absolute atomic E-state index is 12.7. The lowest BCUT2D eigenvalue weighted by atomic mass is 9.66. The molecule has 1 aliphatic rings. The zero-order valence-electron chi connectivity index (χ0n) is 13.1. The van der Waals surface area contributed by atoms with Crippen LogP contribution in [0.1, 0.15) is 52.0 Å². The molecule has 0 atom stereocenters. The van der Waals surface area contributed by atoms with Crippen LogP contribution >= 0.6 is 27.5 Å². The van der Waals surface area contributed by atoms with E-state index in [-0.39, 0.29) is 33.0 Å². The number of nitrogens with zero attached hydrogens (tertiary/aromatic N) is 1. The van der Waals surface area contributed by atoms with E-state index in [4.69, 9.17) is 11.6 Å². The van der Waals surface area contributed by atoms with Gasteiger partial charge in [0.1, 0.15) is 11.4 Å². The molecule has 0 unspecified atom stereocenters. The van der Waals surface area contributed by atoms with Crippen LogP contribution in [-0.2, 0) is 5.66 Å². The van der Waals surface area contributed by atoms with Crippen molar-refractivity contribution in [2.24, 2.45) is 10.8 Å². The molecule has 2 rings (SSSR count). The molecule has 21 heavy (non-hydrogen) atoms. The number of pyridine rings is 1. The molecule has 0 saturated carbocycles.